The second-order valence-electron chi connectivity index (χ2n) is 6.42. The van der Waals surface area contributed by atoms with E-state index in [2.05, 4.69) is 58.0 Å². The van der Waals surface area contributed by atoms with E-state index >= 15 is 0 Å². The lowest BCUT2D eigenvalue weighted by atomic mass is 9.75. The van der Waals surface area contributed by atoms with Gasteiger partial charge in [-0.2, -0.15) is 5.10 Å². The first-order valence-corrected chi connectivity index (χ1v) is 6.97. The molecule has 0 fully saturated rings. The molecule has 1 aromatic heterocycles. The molecule has 0 aliphatic carbocycles. The summed E-state index contributed by atoms with van der Waals surface area (Å²) in [6.45, 7) is 14.5. The zero-order valence-corrected chi connectivity index (χ0v) is 13.0. The summed E-state index contributed by atoms with van der Waals surface area (Å²) in [7, 11) is 2.04. The third-order valence-corrected chi connectivity index (χ3v) is 3.99. The summed E-state index contributed by atoms with van der Waals surface area (Å²) in [6.07, 6.45) is 1.07. The highest BCUT2D eigenvalue weighted by Crippen LogP contribution is 2.31. The summed E-state index contributed by atoms with van der Waals surface area (Å²) in [5, 5.41) is 8.03. The number of aromatic nitrogens is 2. The van der Waals surface area contributed by atoms with Crippen LogP contribution in [0.2, 0.25) is 0 Å². The second kappa shape index (κ2) is 5.87. The monoisotopic (exact) mass is 251 g/mol. The summed E-state index contributed by atoms with van der Waals surface area (Å²) in [6, 6.07) is 2.74. The van der Waals surface area contributed by atoms with Gasteiger partial charge in [0.25, 0.3) is 0 Å². The zero-order chi connectivity index (χ0) is 13.9. The van der Waals surface area contributed by atoms with Crippen molar-refractivity contribution in [2.24, 2.45) is 18.4 Å². The number of nitrogens with zero attached hydrogens (tertiary/aromatic N) is 2. The summed E-state index contributed by atoms with van der Waals surface area (Å²) in [5.74, 6) is 0.638. The summed E-state index contributed by atoms with van der Waals surface area (Å²) >= 11 is 0. The van der Waals surface area contributed by atoms with E-state index in [-0.39, 0.29) is 5.41 Å². The van der Waals surface area contributed by atoms with Crippen LogP contribution in [0.4, 0.5) is 0 Å². The fourth-order valence-corrected chi connectivity index (χ4v) is 2.15. The average molecular weight is 251 g/mol. The molecule has 1 heterocycles. The smallest absolute Gasteiger partial charge is 0.0596 e. The van der Waals surface area contributed by atoms with Crippen molar-refractivity contribution in [2.45, 2.75) is 54.0 Å². The summed E-state index contributed by atoms with van der Waals surface area (Å²) in [4.78, 5) is 0. The van der Waals surface area contributed by atoms with Crippen LogP contribution in [0.3, 0.4) is 0 Å². The number of rotatable bonds is 6. The Morgan fingerprint density at radius 1 is 1.33 bits per heavy atom. The minimum Gasteiger partial charge on any atom is -0.314 e. The van der Waals surface area contributed by atoms with E-state index < -0.39 is 0 Å². The fraction of sp³-hybridized carbons (Fsp3) is 0.800. The van der Waals surface area contributed by atoms with Crippen molar-refractivity contribution in [3.8, 4) is 0 Å². The second-order valence-corrected chi connectivity index (χ2v) is 6.42. The summed E-state index contributed by atoms with van der Waals surface area (Å²) < 4.78 is 2.02. The van der Waals surface area contributed by atoms with Crippen molar-refractivity contribution in [3.63, 3.8) is 0 Å². The molecular formula is C15H29N3. The number of nitrogens with one attached hydrogen (secondary N) is 1. The molecule has 0 aliphatic heterocycles. The van der Waals surface area contributed by atoms with Crippen LogP contribution in [0.1, 0.15) is 46.0 Å². The van der Waals surface area contributed by atoms with Crippen molar-refractivity contribution >= 4 is 0 Å². The molecule has 0 aromatic carbocycles. The molecule has 0 amide bonds. The van der Waals surface area contributed by atoms with E-state index in [0.29, 0.717) is 12.0 Å². The molecule has 0 aliphatic rings. The Labute approximate surface area is 112 Å². The van der Waals surface area contributed by atoms with Crippen LogP contribution in [0.15, 0.2) is 6.07 Å². The van der Waals surface area contributed by atoms with Gasteiger partial charge in [-0.15, -0.1) is 0 Å². The number of aryl methyl sites for hydroxylation is 2. The van der Waals surface area contributed by atoms with Gasteiger partial charge in [0.15, 0.2) is 0 Å². The first-order valence-electron chi connectivity index (χ1n) is 6.97. The molecule has 0 bridgehead atoms. The van der Waals surface area contributed by atoms with Gasteiger partial charge in [0.2, 0.25) is 0 Å². The molecule has 0 spiro atoms. The van der Waals surface area contributed by atoms with Gasteiger partial charge in [-0.05, 0) is 30.7 Å². The molecule has 1 rings (SSSR count). The first-order chi connectivity index (χ1) is 8.24. The molecule has 18 heavy (non-hydrogen) atoms. The van der Waals surface area contributed by atoms with Crippen LogP contribution in [0.25, 0.3) is 0 Å². The maximum Gasteiger partial charge on any atom is 0.0596 e. The maximum absolute atomic E-state index is 4.45. The van der Waals surface area contributed by atoms with Gasteiger partial charge in [-0.3, -0.25) is 4.68 Å². The van der Waals surface area contributed by atoms with E-state index in [1.807, 2.05) is 11.7 Å². The van der Waals surface area contributed by atoms with Crippen molar-refractivity contribution < 1.29 is 0 Å². The van der Waals surface area contributed by atoms with E-state index in [9.17, 15) is 0 Å². The van der Waals surface area contributed by atoms with E-state index in [4.69, 9.17) is 0 Å². The Bertz CT molecular complexity index is 379. The van der Waals surface area contributed by atoms with Crippen LogP contribution >= 0.6 is 0 Å². The van der Waals surface area contributed by atoms with Crippen LogP contribution in [-0.4, -0.2) is 22.4 Å². The third kappa shape index (κ3) is 3.84. The predicted octanol–water partition coefficient (Wildman–Crippen LogP) is 2.93. The SMILES string of the molecule is Cc1cc(CC(C)(CNC(C)C)C(C)C)n(C)n1. The highest BCUT2D eigenvalue weighted by Gasteiger charge is 2.29. The Kier molecular flexibility index (Phi) is 4.97. The lowest BCUT2D eigenvalue weighted by Gasteiger charge is -2.35. The molecule has 1 atom stereocenters. The lowest BCUT2D eigenvalue weighted by Crippen LogP contribution is -2.40. The van der Waals surface area contributed by atoms with E-state index in [1.165, 1.54) is 5.69 Å². The Morgan fingerprint density at radius 2 is 1.94 bits per heavy atom. The molecule has 3 nitrogen and oxygen atoms in total. The molecule has 104 valence electrons. The van der Waals surface area contributed by atoms with Gasteiger partial charge in [0.1, 0.15) is 0 Å². The topological polar surface area (TPSA) is 29.9 Å². The number of hydrogen-bond donors (Lipinski definition) is 1. The fourth-order valence-electron chi connectivity index (χ4n) is 2.15. The number of hydrogen-bond acceptors (Lipinski definition) is 2. The Hall–Kier alpha value is -0.830. The van der Waals surface area contributed by atoms with E-state index in [0.717, 1.165) is 18.7 Å². The highest BCUT2D eigenvalue weighted by atomic mass is 15.3. The molecule has 1 unspecified atom stereocenters. The lowest BCUT2D eigenvalue weighted by molar-refractivity contribution is 0.198. The van der Waals surface area contributed by atoms with Crippen molar-refractivity contribution in [3.05, 3.63) is 17.5 Å². The standard InChI is InChI=1S/C15H29N3/c1-11(2)15(6,10-16-12(3)4)9-14-8-13(5)17-18(14)7/h8,11-12,16H,9-10H2,1-7H3. The minimum absolute atomic E-state index is 0.268. The Morgan fingerprint density at radius 3 is 2.33 bits per heavy atom. The molecule has 0 saturated heterocycles. The normalized spacial score (nSPS) is 15.4. The van der Waals surface area contributed by atoms with Gasteiger partial charge < -0.3 is 5.32 Å². The molecule has 3 heteroatoms. The Balaban J connectivity index is 2.82. The highest BCUT2D eigenvalue weighted by molar-refractivity contribution is 5.11. The van der Waals surface area contributed by atoms with Gasteiger partial charge in [-0.1, -0.05) is 34.6 Å². The predicted molar refractivity (Wildman–Crippen MR) is 77.7 cm³/mol. The van der Waals surface area contributed by atoms with Crippen molar-refractivity contribution in [1.29, 1.82) is 0 Å². The largest absolute Gasteiger partial charge is 0.314 e. The van der Waals surface area contributed by atoms with Crippen LogP contribution in [0, 0.1) is 18.3 Å². The molecular weight excluding hydrogens is 222 g/mol. The van der Waals surface area contributed by atoms with Crippen LogP contribution < -0.4 is 5.32 Å². The van der Waals surface area contributed by atoms with Crippen molar-refractivity contribution in [1.82, 2.24) is 15.1 Å². The van der Waals surface area contributed by atoms with Crippen molar-refractivity contribution in [2.75, 3.05) is 6.54 Å². The quantitative estimate of drug-likeness (QED) is 0.842. The zero-order valence-electron chi connectivity index (χ0n) is 13.0. The average Bonchev–Trinajstić information content (AvgIpc) is 2.54. The molecule has 1 N–H and O–H groups in total. The molecule has 0 radical (unpaired) electrons. The van der Waals surface area contributed by atoms with Gasteiger partial charge in [-0.25, -0.2) is 0 Å². The van der Waals surface area contributed by atoms with Gasteiger partial charge in [0, 0.05) is 25.3 Å². The van der Waals surface area contributed by atoms with Crippen LogP contribution in [0.5, 0.6) is 0 Å². The third-order valence-electron chi connectivity index (χ3n) is 3.99. The van der Waals surface area contributed by atoms with Gasteiger partial charge in [0.05, 0.1) is 5.69 Å². The summed E-state index contributed by atoms with van der Waals surface area (Å²) in [5.41, 5.74) is 2.70. The van der Waals surface area contributed by atoms with Gasteiger partial charge >= 0.3 is 0 Å². The van der Waals surface area contributed by atoms with Crippen LogP contribution in [-0.2, 0) is 13.5 Å². The maximum atomic E-state index is 4.45. The first kappa shape index (κ1) is 15.2. The molecule has 1 aromatic rings. The van der Waals surface area contributed by atoms with E-state index in [1.54, 1.807) is 0 Å². The minimum atomic E-state index is 0.268. The molecule has 0 saturated carbocycles.